The van der Waals surface area contributed by atoms with Gasteiger partial charge in [-0.25, -0.2) is 4.79 Å². The second-order valence-corrected chi connectivity index (χ2v) is 7.95. The first-order chi connectivity index (χ1) is 12.6. The van der Waals surface area contributed by atoms with E-state index in [1.54, 1.807) is 29.2 Å². The molecular formula is C20H29N3O4. The summed E-state index contributed by atoms with van der Waals surface area (Å²) < 4.78 is 4.84. The molecule has 1 aliphatic rings. The SMILES string of the molecule is COC(=O)C1CCCCN1C(=O)c1cccc(NC(=O)[C@@H](N)C(C)(C)C)c1. The van der Waals surface area contributed by atoms with Gasteiger partial charge in [0.05, 0.1) is 13.2 Å². The zero-order valence-electron chi connectivity index (χ0n) is 16.5. The predicted molar refractivity (Wildman–Crippen MR) is 103 cm³/mol. The van der Waals surface area contributed by atoms with Crippen LogP contribution in [0, 0.1) is 5.41 Å². The van der Waals surface area contributed by atoms with Gasteiger partial charge in [-0.15, -0.1) is 0 Å². The molecule has 0 radical (unpaired) electrons. The average molecular weight is 375 g/mol. The molecule has 1 heterocycles. The molecule has 2 atom stereocenters. The van der Waals surface area contributed by atoms with Gasteiger partial charge in [0, 0.05) is 17.8 Å². The number of nitrogens with one attached hydrogen (secondary N) is 1. The van der Waals surface area contributed by atoms with E-state index in [1.807, 2.05) is 20.8 Å². The highest BCUT2D eigenvalue weighted by atomic mass is 16.5. The summed E-state index contributed by atoms with van der Waals surface area (Å²) in [5.41, 5.74) is 6.52. The molecule has 1 aromatic rings. The molecule has 1 fully saturated rings. The van der Waals surface area contributed by atoms with Crippen molar-refractivity contribution in [1.82, 2.24) is 4.90 Å². The van der Waals surface area contributed by atoms with E-state index in [0.29, 0.717) is 24.2 Å². The Hall–Kier alpha value is -2.41. The van der Waals surface area contributed by atoms with Crippen molar-refractivity contribution in [3.8, 4) is 0 Å². The number of piperidine rings is 1. The molecule has 0 aromatic heterocycles. The highest BCUT2D eigenvalue weighted by Crippen LogP contribution is 2.23. The number of hydrogen-bond acceptors (Lipinski definition) is 5. The predicted octanol–water partition coefficient (Wildman–Crippen LogP) is 2.17. The molecule has 2 rings (SSSR count). The molecule has 27 heavy (non-hydrogen) atoms. The third-order valence-corrected chi connectivity index (χ3v) is 4.83. The van der Waals surface area contributed by atoms with Crippen LogP contribution in [0.4, 0.5) is 5.69 Å². The van der Waals surface area contributed by atoms with Crippen molar-refractivity contribution in [2.24, 2.45) is 11.1 Å². The van der Waals surface area contributed by atoms with Crippen molar-refractivity contribution < 1.29 is 19.1 Å². The fraction of sp³-hybridized carbons (Fsp3) is 0.550. The van der Waals surface area contributed by atoms with Crippen molar-refractivity contribution in [3.05, 3.63) is 29.8 Å². The molecule has 148 valence electrons. The van der Waals surface area contributed by atoms with E-state index in [4.69, 9.17) is 10.5 Å². The Kier molecular flexibility index (Phi) is 6.59. The van der Waals surface area contributed by atoms with E-state index in [9.17, 15) is 14.4 Å². The molecule has 1 aliphatic heterocycles. The van der Waals surface area contributed by atoms with E-state index in [1.165, 1.54) is 7.11 Å². The molecule has 7 nitrogen and oxygen atoms in total. The van der Waals surface area contributed by atoms with Crippen molar-refractivity contribution >= 4 is 23.5 Å². The van der Waals surface area contributed by atoms with Crippen LogP contribution in [0.3, 0.4) is 0 Å². The molecule has 0 saturated carbocycles. The Labute approximate surface area is 160 Å². The number of carbonyl (C=O) groups is 3. The maximum atomic E-state index is 12.9. The second-order valence-electron chi connectivity index (χ2n) is 7.95. The first kappa shape index (κ1) is 20.9. The summed E-state index contributed by atoms with van der Waals surface area (Å²) in [5, 5.41) is 2.77. The van der Waals surface area contributed by atoms with Crippen LogP contribution in [0.1, 0.15) is 50.4 Å². The third kappa shape index (κ3) is 5.07. The molecule has 3 N–H and O–H groups in total. The van der Waals surface area contributed by atoms with Crippen molar-refractivity contribution in [3.63, 3.8) is 0 Å². The number of methoxy groups -OCH3 is 1. The van der Waals surface area contributed by atoms with E-state index in [0.717, 1.165) is 12.8 Å². The van der Waals surface area contributed by atoms with Gasteiger partial charge in [0.2, 0.25) is 5.91 Å². The van der Waals surface area contributed by atoms with Crippen molar-refractivity contribution in [1.29, 1.82) is 0 Å². The van der Waals surface area contributed by atoms with E-state index in [2.05, 4.69) is 5.32 Å². The summed E-state index contributed by atoms with van der Waals surface area (Å²) in [6.45, 7) is 6.17. The Bertz CT molecular complexity index is 711. The topological polar surface area (TPSA) is 102 Å². The summed E-state index contributed by atoms with van der Waals surface area (Å²) in [6.07, 6.45) is 2.32. The number of anilines is 1. The largest absolute Gasteiger partial charge is 0.467 e. The molecule has 0 aliphatic carbocycles. The highest BCUT2D eigenvalue weighted by molar-refractivity contribution is 6.00. The molecule has 0 spiro atoms. The fourth-order valence-electron chi connectivity index (χ4n) is 3.06. The van der Waals surface area contributed by atoms with Crippen LogP contribution in [0.2, 0.25) is 0 Å². The zero-order chi connectivity index (χ0) is 20.2. The standard InChI is InChI=1S/C20H29N3O4/c1-20(2,3)16(21)17(24)22-14-9-7-8-13(12-14)18(25)23-11-6-5-10-15(23)19(26)27-4/h7-9,12,15-16H,5-6,10-11,21H2,1-4H3,(H,22,24)/t15?,16-/m1/s1. The second kappa shape index (κ2) is 8.52. The number of hydrogen-bond donors (Lipinski definition) is 2. The summed E-state index contributed by atoms with van der Waals surface area (Å²) in [5.74, 6) is -0.956. The quantitative estimate of drug-likeness (QED) is 0.785. The van der Waals surface area contributed by atoms with Crippen LogP contribution in [0.5, 0.6) is 0 Å². The lowest BCUT2D eigenvalue weighted by Crippen LogP contribution is -2.48. The first-order valence-electron chi connectivity index (χ1n) is 9.20. The Morgan fingerprint density at radius 3 is 2.59 bits per heavy atom. The van der Waals surface area contributed by atoms with Gasteiger partial charge in [0.15, 0.2) is 0 Å². The molecule has 1 unspecified atom stereocenters. The third-order valence-electron chi connectivity index (χ3n) is 4.83. The minimum absolute atomic E-state index is 0.249. The number of ether oxygens (including phenoxy) is 1. The molecule has 1 aromatic carbocycles. The van der Waals surface area contributed by atoms with Gasteiger partial charge < -0.3 is 20.7 Å². The van der Waals surface area contributed by atoms with Gasteiger partial charge in [0.25, 0.3) is 5.91 Å². The van der Waals surface area contributed by atoms with Gasteiger partial charge in [-0.05, 0) is 42.9 Å². The van der Waals surface area contributed by atoms with Crippen LogP contribution in [-0.2, 0) is 14.3 Å². The van der Waals surface area contributed by atoms with Crippen LogP contribution >= 0.6 is 0 Å². The normalized spacial score (nSPS) is 18.6. The zero-order valence-corrected chi connectivity index (χ0v) is 16.5. The highest BCUT2D eigenvalue weighted by Gasteiger charge is 2.33. The summed E-state index contributed by atoms with van der Waals surface area (Å²) in [4.78, 5) is 38.8. The van der Waals surface area contributed by atoms with Gasteiger partial charge in [0.1, 0.15) is 6.04 Å². The van der Waals surface area contributed by atoms with Gasteiger partial charge in [-0.2, -0.15) is 0 Å². The van der Waals surface area contributed by atoms with Gasteiger partial charge in [-0.3, -0.25) is 9.59 Å². The molecule has 0 bridgehead atoms. The van der Waals surface area contributed by atoms with E-state index in [-0.39, 0.29) is 17.2 Å². The number of benzene rings is 1. The number of likely N-dealkylation sites (tertiary alicyclic amines) is 1. The monoisotopic (exact) mass is 375 g/mol. The number of nitrogens with zero attached hydrogens (tertiary/aromatic N) is 1. The lowest BCUT2D eigenvalue weighted by Gasteiger charge is -2.33. The number of rotatable bonds is 4. The summed E-state index contributed by atoms with van der Waals surface area (Å²) in [6, 6.07) is 5.44. The van der Waals surface area contributed by atoms with Crippen LogP contribution in [-0.4, -0.2) is 48.4 Å². The van der Waals surface area contributed by atoms with Crippen LogP contribution < -0.4 is 11.1 Å². The number of nitrogens with two attached hydrogens (primary N) is 1. The number of esters is 1. The van der Waals surface area contributed by atoms with Crippen molar-refractivity contribution in [2.75, 3.05) is 19.0 Å². The molecule has 2 amide bonds. The van der Waals surface area contributed by atoms with Gasteiger partial charge in [-0.1, -0.05) is 26.8 Å². The van der Waals surface area contributed by atoms with E-state index < -0.39 is 18.1 Å². The van der Waals surface area contributed by atoms with Gasteiger partial charge >= 0.3 is 5.97 Å². The van der Waals surface area contributed by atoms with Crippen LogP contribution in [0.15, 0.2) is 24.3 Å². The maximum Gasteiger partial charge on any atom is 0.328 e. The lowest BCUT2D eigenvalue weighted by atomic mass is 9.87. The Balaban J connectivity index is 2.17. The molecule has 1 saturated heterocycles. The van der Waals surface area contributed by atoms with E-state index >= 15 is 0 Å². The Morgan fingerprint density at radius 1 is 1.26 bits per heavy atom. The molecule has 7 heteroatoms. The maximum absolute atomic E-state index is 12.9. The lowest BCUT2D eigenvalue weighted by molar-refractivity contribution is -0.147. The minimum Gasteiger partial charge on any atom is -0.467 e. The molecular weight excluding hydrogens is 346 g/mol. The summed E-state index contributed by atoms with van der Waals surface area (Å²) >= 11 is 0. The van der Waals surface area contributed by atoms with Crippen molar-refractivity contribution in [2.45, 2.75) is 52.1 Å². The fourth-order valence-corrected chi connectivity index (χ4v) is 3.06. The summed E-state index contributed by atoms with van der Waals surface area (Å²) in [7, 11) is 1.33. The first-order valence-corrected chi connectivity index (χ1v) is 9.20. The smallest absolute Gasteiger partial charge is 0.328 e. The Morgan fingerprint density at radius 2 is 1.96 bits per heavy atom. The number of amides is 2. The van der Waals surface area contributed by atoms with Crippen LogP contribution in [0.25, 0.3) is 0 Å². The minimum atomic E-state index is -0.678. The average Bonchev–Trinajstić information content (AvgIpc) is 2.65. The number of carbonyl (C=O) groups excluding carboxylic acids is 3.